The largest absolute Gasteiger partial charge is 0.368 e. The molecule has 0 radical (unpaired) electrons. The lowest BCUT2D eigenvalue weighted by molar-refractivity contribution is -0.142. The van der Waals surface area contributed by atoms with Crippen molar-refractivity contribution >= 4 is 41.0 Å². The van der Waals surface area contributed by atoms with Crippen molar-refractivity contribution in [3.8, 4) is 0 Å². The van der Waals surface area contributed by atoms with Gasteiger partial charge in [-0.1, -0.05) is 48.0 Å². The maximum atomic E-state index is 13.8. The lowest BCUT2D eigenvalue weighted by Gasteiger charge is -2.30. The molecule has 3 aliphatic rings. The van der Waals surface area contributed by atoms with Gasteiger partial charge in [0.15, 0.2) is 0 Å². The van der Waals surface area contributed by atoms with Crippen molar-refractivity contribution in [1.82, 2.24) is 21.3 Å². The second kappa shape index (κ2) is 14.1. The van der Waals surface area contributed by atoms with E-state index in [4.69, 9.17) is 16.3 Å². The van der Waals surface area contributed by atoms with E-state index >= 15 is 0 Å². The fourth-order valence-corrected chi connectivity index (χ4v) is 5.46. The maximum absolute atomic E-state index is 13.8. The van der Waals surface area contributed by atoms with Crippen LogP contribution in [0.5, 0.6) is 0 Å². The van der Waals surface area contributed by atoms with E-state index in [1.807, 2.05) is 36.4 Å². The molecule has 10 nitrogen and oxygen atoms in total. The molecule has 43 heavy (non-hydrogen) atoms. The number of piperidine rings is 1. The number of fused-ring (bicyclic) bond motifs is 1. The first kappa shape index (κ1) is 32.2. The van der Waals surface area contributed by atoms with E-state index in [9.17, 15) is 24.0 Å². The number of ether oxygens (including phenoxy) is 1. The van der Waals surface area contributed by atoms with Gasteiger partial charge in [-0.25, -0.2) is 0 Å². The number of benzene rings is 1. The molecular weight excluding hydrogens is 572 g/mol. The Labute approximate surface area is 256 Å². The Morgan fingerprint density at radius 3 is 2.53 bits per heavy atom. The Kier molecular flexibility index (Phi) is 10.6. The van der Waals surface area contributed by atoms with E-state index in [1.165, 1.54) is 0 Å². The molecule has 0 spiro atoms. The third kappa shape index (κ3) is 9.11. The number of halogens is 1. The Hall–Kier alpha value is -3.76. The number of rotatable bonds is 10. The molecule has 3 unspecified atom stereocenters. The molecule has 1 aromatic carbocycles. The van der Waals surface area contributed by atoms with Crippen LogP contribution in [0, 0.1) is 11.8 Å². The minimum Gasteiger partial charge on any atom is -0.368 e. The zero-order valence-corrected chi connectivity index (χ0v) is 25.4. The summed E-state index contributed by atoms with van der Waals surface area (Å²) in [5, 5.41) is 11.5. The van der Waals surface area contributed by atoms with Gasteiger partial charge < -0.3 is 26.0 Å². The van der Waals surface area contributed by atoms with Gasteiger partial charge in [0, 0.05) is 29.5 Å². The molecule has 4 rings (SSSR count). The average molecular weight is 611 g/mol. The van der Waals surface area contributed by atoms with Crippen LogP contribution in [0.3, 0.4) is 0 Å². The molecule has 11 heteroatoms. The maximum Gasteiger partial charge on any atom is 0.290 e. The molecule has 4 amide bonds. The topological polar surface area (TPSA) is 143 Å². The SMILES string of the molecule is CC(C)(C)NC(=O)C(=O)C(C[C@@H]1CCCNC1=O)NC(=O)[C@H](Cc1ccccc1)NC(=O)C1C=C2C=C(Cl)C=CC2OC1. The smallest absolute Gasteiger partial charge is 0.290 e. The molecule has 0 aromatic heterocycles. The van der Waals surface area contributed by atoms with Crippen LogP contribution in [0.1, 0.15) is 45.6 Å². The van der Waals surface area contributed by atoms with Gasteiger partial charge in [0.25, 0.3) is 5.91 Å². The van der Waals surface area contributed by atoms with Crippen LogP contribution in [0.25, 0.3) is 0 Å². The lowest BCUT2D eigenvalue weighted by Crippen LogP contribution is -2.57. The third-order valence-corrected chi connectivity index (χ3v) is 7.66. The number of hydrogen-bond acceptors (Lipinski definition) is 6. The minimum atomic E-state index is -1.26. The van der Waals surface area contributed by atoms with Crippen LogP contribution in [-0.2, 0) is 35.1 Å². The van der Waals surface area contributed by atoms with Crippen molar-refractivity contribution in [1.29, 1.82) is 0 Å². The first-order valence-electron chi connectivity index (χ1n) is 14.6. The summed E-state index contributed by atoms with van der Waals surface area (Å²) in [6, 6.07) is 6.81. The molecule has 1 saturated heterocycles. The van der Waals surface area contributed by atoms with Crippen LogP contribution < -0.4 is 21.3 Å². The molecule has 1 aromatic rings. The third-order valence-electron chi connectivity index (χ3n) is 7.43. The van der Waals surface area contributed by atoms with Gasteiger partial charge >= 0.3 is 0 Å². The van der Waals surface area contributed by atoms with Crippen molar-refractivity contribution < 1.29 is 28.7 Å². The van der Waals surface area contributed by atoms with Gasteiger partial charge in [-0.2, -0.15) is 0 Å². The number of ketones is 1. The summed E-state index contributed by atoms with van der Waals surface area (Å²) in [5.74, 6) is -4.22. The Bertz CT molecular complexity index is 1330. The van der Waals surface area contributed by atoms with Crippen LogP contribution in [0.4, 0.5) is 0 Å². The normalized spacial score (nSPS) is 23.0. The van der Waals surface area contributed by atoms with E-state index in [2.05, 4.69) is 21.3 Å². The molecule has 2 heterocycles. The highest BCUT2D eigenvalue weighted by atomic mass is 35.5. The molecule has 4 N–H and O–H groups in total. The lowest BCUT2D eigenvalue weighted by atomic mass is 9.89. The fraction of sp³-hybridized carbons (Fsp3) is 0.469. The summed E-state index contributed by atoms with van der Waals surface area (Å²) in [6.45, 7) is 5.87. The number of Topliss-reactive ketones (excluding diaryl/α,β-unsaturated/α-hetero) is 1. The molecule has 0 bridgehead atoms. The summed E-state index contributed by atoms with van der Waals surface area (Å²) in [4.78, 5) is 66.0. The van der Waals surface area contributed by atoms with E-state index in [0.717, 1.165) is 17.6 Å². The van der Waals surface area contributed by atoms with Crippen molar-refractivity contribution in [2.75, 3.05) is 13.2 Å². The quantitative estimate of drug-likeness (QED) is 0.299. The average Bonchev–Trinajstić information content (AvgIpc) is 2.96. The van der Waals surface area contributed by atoms with Crippen molar-refractivity contribution in [2.24, 2.45) is 11.8 Å². The number of hydrogen-bond donors (Lipinski definition) is 4. The number of carbonyl (C=O) groups excluding carboxylic acids is 5. The van der Waals surface area contributed by atoms with Gasteiger partial charge in [0.1, 0.15) is 12.1 Å². The van der Waals surface area contributed by atoms with Crippen LogP contribution in [0.15, 0.2) is 65.2 Å². The molecule has 2 aliphatic heterocycles. The number of nitrogens with one attached hydrogen (secondary N) is 4. The van der Waals surface area contributed by atoms with Crippen LogP contribution in [-0.4, -0.2) is 66.3 Å². The van der Waals surface area contributed by atoms with Crippen LogP contribution >= 0.6 is 11.6 Å². The van der Waals surface area contributed by atoms with Crippen molar-refractivity contribution in [3.05, 3.63) is 70.8 Å². The van der Waals surface area contributed by atoms with Gasteiger partial charge in [0.05, 0.1) is 18.6 Å². The highest BCUT2D eigenvalue weighted by Crippen LogP contribution is 2.27. The molecule has 230 valence electrons. The van der Waals surface area contributed by atoms with E-state index < -0.39 is 53.0 Å². The molecule has 1 fully saturated rings. The number of allylic oxidation sites excluding steroid dienone is 2. The van der Waals surface area contributed by atoms with E-state index in [-0.39, 0.29) is 31.5 Å². The Balaban J connectivity index is 1.55. The fourth-order valence-electron chi connectivity index (χ4n) is 5.26. The molecular formula is C32H39ClN4O6. The molecule has 5 atom stereocenters. The Morgan fingerprint density at radius 2 is 1.84 bits per heavy atom. The van der Waals surface area contributed by atoms with Crippen LogP contribution in [0.2, 0.25) is 0 Å². The van der Waals surface area contributed by atoms with Gasteiger partial charge in [-0.15, -0.1) is 0 Å². The molecule has 0 saturated carbocycles. The summed E-state index contributed by atoms with van der Waals surface area (Å²) < 4.78 is 5.83. The second-order valence-corrected chi connectivity index (χ2v) is 12.6. The highest BCUT2D eigenvalue weighted by molar-refractivity contribution is 6.38. The zero-order chi connectivity index (χ0) is 31.1. The van der Waals surface area contributed by atoms with Gasteiger partial charge in [-0.3, -0.25) is 24.0 Å². The number of carbonyl (C=O) groups is 5. The summed E-state index contributed by atoms with van der Waals surface area (Å²) in [5.41, 5.74) is 0.855. The summed E-state index contributed by atoms with van der Waals surface area (Å²) >= 11 is 6.13. The standard InChI is InChI=1S/C32H39ClN4O6/c1-32(2,3)37-31(42)27(38)24(17-20-10-7-13-34-28(20)39)35-30(41)25(14-19-8-5-4-6-9-19)36-29(40)22-15-21-16-23(33)11-12-26(21)43-18-22/h4-6,8-9,11-12,15-16,20,22,24-26H,7,10,13-14,17-18H2,1-3H3,(H,34,39)(H,35,41)(H,36,40)(H,37,42)/t20-,22?,24?,25-,26?/m0/s1. The van der Waals surface area contributed by atoms with Crippen molar-refractivity contribution in [2.45, 2.75) is 70.2 Å². The van der Waals surface area contributed by atoms with E-state index in [1.54, 1.807) is 39.0 Å². The zero-order valence-electron chi connectivity index (χ0n) is 24.7. The summed E-state index contributed by atoms with van der Waals surface area (Å²) in [7, 11) is 0. The first-order chi connectivity index (χ1) is 20.4. The minimum absolute atomic E-state index is 0.0372. The molecule has 1 aliphatic carbocycles. The first-order valence-corrected chi connectivity index (χ1v) is 14.9. The summed E-state index contributed by atoms with van der Waals surface area (Å²) in [6.07, 6.45) is 8.12. The predicted molar refractivity (Wildman–Crippen MR) is 162 cm³/mol. The van der Waals surface area contributed by atoms with Crippen molar-refractivity contribution in [3.63, 3.8) is 0 Å². The van der Waals surface area contributed by atoms with E-state index in [0.29, 0.717) is 18.0 Å². The number of amides is 4. The van der Waals surface area contributed by atoms with Gasteiger partial charge in [0.2, 0.25) is 23.5 Å². The Morgan fingerprint density at radius 1 is 1.09 bits per heavy atom. The van der Waals surface area contributed by atoms with Gasteiger partial charge in [-0.05, 0) is 69.4 Å². The highest BCUT2D eigenvalue weighted by Gasteiger charge is 2.36. The predicted octanol–water partition coefficient (Wildman–Crippen LogP) is 2.23. The second-order valence-electron chi connectivity index (χ2n) is 12.2. The monoisotopic (exact) mass is 610 g/mol.